The van der Waals surface area contributed by atoms with Gasteiger partial charge in [0.05, 0.1) is 6.10 Å². The van der Waals surface area contributed by atoms with Gasteiger partial charge in [0, 0.05) is 6.04 Å². The van der Waals surface area contributed by atoms with Crippen molar-refractivity contribution in [3.63, 3.8) is 0 Å². The Kier molecular flexibility index (Phi) is 5.68. The van der Waals surface area contributed by atoms with E-state index in [1.807, 2.05) is 0 Å². The van der Waals surface area contributed by atoms with Crippen LogP contribution in [0.1, 0.15) is 53.4 Å². The zero-order valence-electron chi connectivity index (χ0n) is 12.3. The minimum Gasteiger partial charge on any atom is -0.364 e. The van der Waals surface area contributed by atoms with Gasteiger partial charge in [-0.1, -0.05) is 27.2 Å². The van der Waals surface area contributed by atoms with Crippen LogP contribution >= 0.6 is 0 Å². The molecule has 1 N–H and O–H groups in total. The molecule has 0 aromatic heterocycles. The van der Waals surface area contributed by atoms with E-state index in [1.165, 1.54) is 0 Å². The van der Waals surface area contributed by atoms with Gasteiger partial charge < -0.3 is 10.1 Å². The molecule has 1 aliphatic carbocycles. The fourth-order valence-corrected chi connectivity index (χ4v) is 2.78. The molecule has 0 heterocycles. The van der Waals surface area contributed by atoms with Gasteiger partial charge in [-0.25, -0.2) is 0 Å². The maximum absolute atomic E-state index is 12.6. The van der Waals surface area contributed by atoms with Crippen molar-refractivity contribution < 1.29 is 17.9 Å². The molecule has 3 atom stereocenters. The molecule has 114 valence electrons. The standard InChI is InChI=1S/C14H26F3NO/c1-5-9-18-12-11(7-6-8-13(12,3)4)19-10(2)14(15,16)17/h10-12,18H,5-9H2,1-4H3. The lowest BCUT2D eigenvalue weighted by Crippen LogP contribution is -2.55. The van der Waals surface area contributed by atoms with Gasteiger partial charge in [0.15, 0.2) is 6.10 Å². The fourth-order valence-electron chi connectivity index (χ4n) is 2.78. The molecule has 2 nitrogen and oxygen atoms in total. The lowest BCUT2D eigenvalue weighted by Gasteiger charge is -2.45. The van der Waals surface area contributed by atoms with E-state index < -0.39 is 12.3 Å². The average molecular weight is 281 g/mol. The third-order valence-electron chi connectivity index (χ3n) is 3.98. The molecule has 0 aliphatic heterocycles. The summed E-state index contributed by atoms with van der Waals surface area (Å²) in [6.07, 6.45) is -2.72. The quantitative estimate of drug-likeness (QED) is 0.825. The molecule has 0 radical (unpaired) electrons. The first kappa shape index (κ1) is 16.8. The molecule has 0 aromatic carbocycles. The van der Waals surface area contributed by atoms with Crippen LogP contribution in [0.4, 0.5) is 13.2 Å². The van der Waals surface area contributed by atoms with Gasteiger partial charge in [-0.05, 0) is 38.1 Å². The van der Waals surface area contributed by atoms with Crippen LogP contribution in [0.25, 0.3) is 0 Å². The zero-order chi connectivity index (χ0) is 14.7. The van der Waals surface area contributed by atoms with Crippen molar-refractivity contribution in [3.05, 3.63) is 0 Å². The number of nitrogens with one attached hydrogen (secondary N) is 1. The van der Waals surface area contributed by atoms with Crippen LogP contribution in [-0.2, 0) is 4.74 Å². The Morgan fingerprint density at radius 1 is 1.37 bits per heavy atom. The van der Waals surface area contributed by atoms with Crippen LogP contribution in [0, 0.1) is 5.41 Å². The Morgan fingerprint density at radius 2 is 2.00 bits per heavy atom. The summed E-state index contributed by atoms with van der Waals surface area (Å²) < 4.78 is 43.2. The SMILES string of the molecule is CCCNC1C(OC(C)C(F)(F)F)CCCC1(C)C. The van der Waals surface area contributed by atoms with Crippen LogP contribution in [0.2, 0.25) is 0 Å². The van der Waals surface area contributed by atoms with Crippen LogP contribution in [0.5, 0.6) is 0 Å². The molecule has 1 rings (SSSR count). The summed E-state index contributed by atoms with van der Waals surface area (Å²) in [5, 5.41) is 3.38. The Morgan fingerprint density at radius 3 is 2.53 bits per heavy atom. The molecule has 0 amide bonds. The summed E-state index contributed by atoms with van der Waals surface area (Å²) in [6.45, 7) is 8.17. The molecular weight excluding hydrogens is 255 g/mol. The van der Waals surface area contributed by atoms with Crippen molar-refractivity contribution >= 4 is 0 Å². The highest BCUT2D eigenvalue weighted by Crippen LogP contribution is 2.38. The first-order valence-electron chi connectivity index (χ1n) is 7.14. The van der Waals surface area contributed by atoms with Crippen molar-refractivity contribution in [2.24, 2.45) is 5.41 Å². The summed E-state index contributed by atoms with van der Waals surface area (Å²) in [7, 11) is 0. The van der Waals surface area contributed by atoms with Gasteiger partial charge in [-0.15, -0.1) is 0 Å². The Bertz CT molecular complexity index is 278. The Balaban J connectivity index is 2.72. The first-order valence-corrected chi connectivity index (χ1v) is 7.14. The third-order valence-corrected chi connectivity index (χ3v) is 3.98. The van der Waals surface area contributed by atoms with Crippen LogP contribution < -0.4 is 5.32 Å². The van der Waals surface area contributed by atoms with Crippen LogP contribution in [-0.4, -0.2) is 31.0 Å². The molecule has 0 spiro atoms. The maximum atomic E-state index is 12.6. The monoisotopic (exact) mass is 281 g/mol. The summed E-state index contributed by atoms with van der Waals surface area (Å²) in [5.41, 5.74) is -0.0244. The number of halogens is 3. The van der Waals surface area contributed by atoms with Gasteiger partial charge in [0.2, 0.25) is 0 Å². The van der Waals surface area contributed by atoms with E-state index in [2.05, 4.69) is 26.1 Å². The summed E-state index contributed by atoms with van der Waals surface area (Å²) >= 11 is 0. The third kappa shape index (κ3) is 4.63. The highest BCUT2D eigenvalue weighted by molar-refractivity contribution is 4.94. The number of ether oxygens (including phenoxy) is 1. The summed E-state index contributed by atoms with van der Waals surface area (Å²) in [6, 6.07) is -0.00833. The second-order valence-electron chi connectivity index (χ2n) is 6.17. The maximum Gasteiger partial charge on any atom is 0.414 e. The molecule has 0 bridgehead atoms. The minimum absolute atomic E-state index is 0.00833. The largest absolute Gasteiger partial charge is 0.414 e. The molecule has 1 saturated carbocycles. The van der Waals surface area contributed by atoms with E-state index in [-0.39, 0.29) is 17.6 Å². The highest BCUT2D eigenvalue weighted by Gasteiger charge is 2.44. The minimum atomic E-state index is -4.28. The fraction of sp³-hybridized carbons (Fsp3) is 1.00. The van der Waals surface area contributed by atoms with E-state index in [0.29, 0.717) is 6.42 Å². The van der Waals surface area contributed by atoms with Crippen LogP contribution in [0.3, 0.4) is 0 Å². The Labute approximate surface area is 114 Å². The molecule has 1 aliphatic rings. The van der Waals surface area contributed by atoms with E-state index in [4.69, 9.17) is 4.74 Å². The van der Waals surface area contributed by atoms with Crippen molar-refractivity contribution in [1.29, 1.82) is 0 Å². The molecule has 0 aromatic rings. The topological polar surface area (TPSA) is 21.3 Å². The molecule has 19 heavy (non-hydrogen) atoms. The van der Waals surface area contributed by atoms with E-state index in [9.17, 15) is 13.2 Å². The number of hydrogen-bond acceptors (Lipinski definition) is 2. The van der Waals surface area contributed by atoms with Crippen LogP contribution in [0.15, 0.2) is 0 Å². The van der Waals surface area contributed by atoms with Gasteiger partial charge in [-0.3, -0.25) is 0 Å². The molecule has 5 heteroatoms. The number of alkyl halides is 3. The predicted octanol–water partition coefficient (Wildman–Crippen LogP) is 3.90. The number of rotatable bonds is 5. The highest BCUT2D eigenvalue weighted by atomic mass is 19.4. The zero-order valence-corrected chi connectivity index (χ0v) is 12.3. The normalized spacial score (nSPS) is 29.2. The second-order valence-corrected chi connectivity index (χ2v) is 6.17. The molecular formula is C14H26F3NO. The van der Waals surface area contributed by atoms with E-state index in [1.54, 1.807) is 0 Å². The van der Waals surface area contributed by atoms with Gasteiger partial charge in [0.25, 0.3) is 0 Å². The lowest BCUT2D eigenvalue weighted by atomic mass is 9.71. The number of hydrogen-bond donors (Lipinski definition) is 1. The van der Waals surface area contributed by atoms with Gasteiger partial charge in [-0.2, -0.15) is 13.2 Å². The van der Waals surface area contributed by atoms with Gasteiger partial charge in [0.1, 0.15) is 0 Å². The average Bonchev–Trinajstić information content (AvgIpc) is 2.26. The van der Waals surface area contributed by atoms with E-state index in [0.717, 1.165) is 32.7 Å². The van der Waals surface area contributed by atoms with Crippen molar-refractivity contribution in [2.45, 2.75) is 77.8 Å². The second kappa shape index (κ2) is 6.44. The Hall–Kier alpha value is -0.290. The van der Waals surface area contributed by atoms with Crippen molar-refractivity contribution in [2.75, 3.05) is 6.54 Å². The molecule has 1 fully saturated rings. The summed E-state index contributed by atoms with van der Waals surface area (Å²) in [5.74, 6) is 0. The summed E-state index contributed by atoms with van der Waals surface area (Å²) in [4.78, 5) is 0. The lowest BCUT2D eigenvalue weighted by molar-refractivity contribution is -0.235. The molecule has 3 unspecified atom stereocenters. The van der Waals surface area contributed by atoms with Gasteiger partial charge >= 0.3 is 6.18 Å². The van der Waals surface area contributed by atoms with E-state index >= 15 is 0 Å². The predicted molar refractivity (Wildman–Crippen MR) is 70.1 cm³/mol. The molecule has 0 saturated heterocycles. The van der Waals surface area contributed by atoms with Crippen molar-refractivity contribution in [1.82, 2.24) is 5.32 Å². The van der Waals surface area contributed by atoms with Crippen molar-refractivity contribution in [3.8, 4) is 0 Å². The smallest absolute Gasteiger partial charge is 0.364 e. The first-order chi connectivity index (χ1) is 8.68.